The lowest BCUT2D eigenvalue weighted by Crippen LogP contribution is -2.31. The maximum atomic E-state index is 13.0. The Hall–Kier alpha value is -2.11. The zero-order valence-electron chi connectivity index (χ0n) is 15.5. The van der Waals surface area contributed by atoms with Crippen molar-refractivity contribution in [3.8, 4) is 11.5 Å². The van der Waals surface area contributed by atoms with Gasteiger partial charge in [-0.3, -0.25) is 4.90 Å². The van der Waals surface area contributed by atoms with E-state index < -0.39 is 0 Å². The first-order valence-corrected chi connectivity index (χ1v) is 8.98. The van der Waals surface area contributed by atoms with Gasteiger partial charge < -0.3 is 15.2 Å². The third kappa shape index (κ3) is 4.54. The Bertz CT molecular complexity index is 735. The molecule has 0 radical (unpaired) electrons. The molecule has 26 heavy (non-hydrogen) atoms. The van der Waals surface area contributed by atoms with Gasteiger partial charge in [-0.25, -0.2) is 4.39 Å². The predicted octanol–water partition coefficient (Wildman–Crippen LogP) is 3.58. The lowest BCUT2D eigenvalue weighted by Gasteiger charge is -2.23. The van der Waals surface area contributed by atoms with Gasteiger partial charge in [0.15, 0.2) is 11.5 Å². The van der Waals surface area contributed by atoms with E-state index in [-0.39, 0.29) is 11.2 Å². The molecule has 1 aliphatic heterocycles. The first-order valence-electron chi connectivity index (χ1n) is 8.98. The van der Waals surface area contributed by atoms with E-state index in [0.717, 1.165) is 38.2 Å². The molecule has 1 atom stereocenters. The van der Waals surface area contributed by atoms with Crippen LogP contribution in [0.5, 0.6) is 11.5 Å². The molecular weight excluding hydrogens is 331 g/mol. The third-order valence-corrected chi connectivity index (χ3v) is 5.07. The fourth-order valence-corrected chi connectivity index (χ4v) is 3.36. The highest BCUT2D eigenvalue weighted by Crippen LogP contribution is 2.32. The number of hydrogen-bond donors (Lipinski definition) is 1. The molecule has 1 fully saturated rings. The average molecular weight is 358 g/mol. The summed E-state index contributed by atoms with van der Waals surface area (Å²) in [5.74, 6) is 1.16. The summed E-state index contributed by atoms with van der Waals surface area (Å²) in [6.45, 7) is 6.32. The van der Waals surface area contributed by atoms with E-state index in [4.69, 9.17) is 15.2 Å². The summed E-state index contributed by atoms with van der Waals surface area (Å²) in [6, 6.07) is 12.3. The lowest BCUT2D eigenvalue weighted by molar-refractivity contribution is 0.271. The molecule has 1 heterocycles. The smallest absolute Gasteiger partial charge is 0.161 e. The molecule has 0 bridgehead atoms. The number of methoxy groups -OCH3 is 1. The van der Waals surface area contributed by atoms with Crippen LogP contribution in [0.4, 0.5) is 4.39 Å². The summed E-state index contributed by atoms with van der Waals surface area (Å²) in [5, 5.41) is 0. The van der Waals surface area contributed by atoms with Gasteiger partial charge in [-0.05, 0) is 60.3 Å². The Morgan fingerprint density at radius 2 is 1.85 bits per heavy atom. The topological polar surface area (TPSA) is 47.7 Å². The predicted molar refractivity (Wildman–Crippen MR) is 101 cm³/mol. The van der Waals surface area contributed by atoms with E-state index in [1.807, 2.05) is 12.1 Å². The molecule has 1 saturated heterocycles. The van der Waals surface area contributed by atoms with Crippen LogP contribution >= 0.6 is 0 Å². The van der Waals surface area contributed by atoms with E-state index >= 15 is 0 Å². The first kappa shape index (κ1) is 18.7. The Labute approximate surface area is 154 Å². The molecule has 0 aliphatic carbocycles. The van der Waals surface area contributed by atoms with Crippen LogP contribution < -0.4 is 15.2 Å². The second kappa shape index (κ2) is 8.06. The van der Waals surface area contributed by atoms with Crippen molar-refractivity contribution < 1.29 is 13.9 Å². The Morgan fingerprint density at radius 1 is 1.12 bits per heavy atom. The molecule has 3 rings (SSSR count). The Morgan fingerprint density at radius 3 is 2.50 bits per heavy atom. The summed E-state index contributed by atoms with van der Waals surface area (Å²) in [6.07, 6.45) is 1.14. The van der Waals surface area contributed by atoms with Crippen LogP contribution in [0.1, 0.15) is 24.5 Å². The van der Waals surface area contributed by atoms with Crippen molar-refractivity contribution in [1.82, 2.24) is 4.90 Å². The molecule has 0 spiro atoms. The zero-order chi connectivity index (χ0) is 18.6. The molecule has 0 aromatic heterocycles. The van der Waals surface area contributed by atoms with E-state index in [2.05, 4.69) is 17.9 Å². The summed E-state index contributed by atoms with van der Waals surface area (Å²) in [5.41, 5.74) is 8.22. The van der Waals surface area contributed by atoms with Gasteiger partial charge in [0.1, 0.15) is 12.4 Å². The number of nitrogens with two attached hydrogens (primary N) is 1. The molecule has 2 N–H and O–H groups in total. The largest absolute Gasteiger partial charge is 0.493 e. The van der Waals surface area contributed by atoms with Crippen molar-refractivity contribution >= 4 is 0 Å². The van der Waals surface area contributed by atoms with Crippen molar-refractivity contribution in [3.63, 3.8) is 0 Å². The van der Waals surface area contributed by atoms with Crippen LogP contribution in [0.2, 0.25) is 0 Å². The minimum Gasteiger partial charge on any atom is -0.493 e. The molecule has 140 valence electrons. The van der Waals surface area contributed by atoms with Gasteiger partial charge in [0.2, 0.25) is 0 Å². The number of likely N-dealkylation sites (tertiary alicyclic amines) is 1. The highest BCUT2D eigenvalue weighted by atomic mass is 19.1. The third-order valence-electron chi connectivity index (χ3n) is 5.07. The van der Waals surface area contributed by atoms with Gasteiger partial charge in [0, 0.05) is 13.1 Å². The zero-order valence-corrected chi connectivity index (χ0v) is 15.5. The summed E-state index contributed by atoms with van der Waals surface area (Å²) in [7, 11) is 1.64. The fourth-order valence-electron chi connectivity index (χ4n) is 3.36. The van der Waals surface area contributed by atoms with Crippen molar-refractivity contribution in [3.05, 3.63) is 59.4 Å². The average Bonchev–Trinajstić information content (AvgIpc) is 3.03. The lowest BCUT2D eigenvalue weighted by atomic mass is 9.90. The van der Waals surface area contributed by atoms with Crippen molar-refractivity contribution in [2.24, 2.45) is 11.1 Å². The SMILES string of the molecule is COc1cc(CN2CCC(C)(CN)C2)ccc1OCc1ccc(F)cc1. The quantitative estimate of drug-likeness (QED) is 0.822. The minimum atomic E-state index is -0.247. The second-order valence-corrected chi connectivity index (χ2v) is 7.38. The van der Waals surface area contributed by atoms with Crippen molar-refractivity contribution in [2.45, 2.75) is 26.5 Å². The van der Waals surface area contributed by atoms with Gasteiger partial charge in [-0.2, -0.15) is 0 Å². The number of halogens is 1. The van der Waals surface area contributed by atoms with Crippen molar-refractivity contribution in [2.75, 3.05) is 26.7 Å². The Balaban J connectivity index is 1.63. The molecule has 1 unspecified atom stereocenters. The molecule has 1 aliphatic rings. The summed E-state index contributed by atoms with van der Waals surface area (Å²) in [4.78, 5) is 2.43. The molecular formula is C21H27FN2O2. The van der Waals surface area contributed by atoms with Crippen LogP contribution in [0.25, 0.3) is 0 Å². The van der Waals surface area contributed by atoms with Gasteiger partial charge in [0.25, 0.3) is 0 Å². The highest BCUT2D eigenvalue weighted by Gasteiger charge is 2.32. The molecule has 0 amide bonds. The molecule has 5 heteroatoms. The van der Waals surface area contributed by atoms with Crippen LogP contribution in [-0.2, 0) is 13.2 Å². The van der Waals surface area contributed by atoms with E-state index in [0.29, 0.717) is 18.1 Å². The maximum absolute atomic E-state index is 13.0. The number of rotatable bonds is 7. The number of hydrogen-bond acceptors (Lipinski definition) is 4. The highest BCUT2D eigenvalue weighted by molar-refractivity contribution is 5.43. The van der Waals surface area contributed by atoms with Crippen LogP contribution in [-0.4, -0.2) is 31.6 Å². The molecule has 0 saturated carbocycles. The fraction of sp³-hybridized carbons (Fsp3) is 0.429. The molecule has 2 aromatic carbocycles. The minimum absolute atomic E-state index is 0.224. The molecule has 2 aromatic rings. The van der Waals surface area contributed by atoms with E-state index in [1.54, 1.807) is 19.2 Å². The van der Waals surface area contributed by atoms with Crippen LogP contribution in [0, 0.1) is 11.2 Å². The first-order chi connectivity index (χ1) is 12.5. The van der Waals surface area contributed by atoms with Gasteiger partial charge in [-0.1, -0.05) is 25.1 Å². The summed E-state index contributed by atoms with van der Waals surface area (Å²) < 4.78 is 24.3. The van der Waals surface area contributed by atoms with Gasteiger partial charge >= 0.3 is 0 Å². The van der Waals surface area contributed by atoms with Crippen LogP contribution in [0.15, 0.2) is 42.5 Å². The second-order valence-electron chi connectivity index (χ2n) is 7.38. The number of benzene rings is 2. The monoisotopic (exact) mass is 358 g/mol. The maximum Gasteiger partial charge on any atom is 0.161 e. The van der Waals surface area contributed by atoms with Gasteiger partial charge in [-0.15, -0.1) is 0 Å². The summed E-state index contributed by atoms with van der Waals surface area (Å²) >= 11 is 0. The van der Waals surface area contributed by atoms with Crippen molar-refractivity contribution in [1.29, 1.82) is 0 Å². The van der Waals surface area contributed by atoms with Crippen LogP contribution in [0.3, 0.4) is 0 Å². The van der Waals surface area contributed by atoms with Gasteiger partial charge in [0.05, 0.1) is 7.11 Å². The molecule has 4 nitrogen and oxygen atoms in total. The normalized spacial score (nSPS) is 20.3. The number of nitrogens with zero attached hydrogens (tertiary/aromatic N) is 1. The van der Waals surface area contributed by atoms with E-state index in [1.165, 1.54) is 17.7 Å². The standard InChI is InChI=1S/C21H27FN2O2/c1-21(14-23)9-10-24(15-21)12-17-5-8-19(20(11-17)25-2)26-13-16-3-6-18(22)7-4-16/h3-8,11H,9-10,12-15,23H2,1-2H3. The van der Waals surface area contributed by atoms with E-state index in [9.17, 15) is 4.39 Å². The number of ether oxygens (including phenoxy) is 2. The Kier molecular flexibility index (Phi) is 5.79.